The summed E-state index contributed by atoms with van der Waals surface area (Å²) in [5.41, 5.74) is -0.367. The number of rotatable bonds is 6. The second-order valence-electron chi connectivity index (χ2n) is 7.31. The molecule has 1 aliphatic rings. The van der Waals surface area contributed by atoms with E-state index < -0.39 is 69.3 Å². The first-order valence-electron chi connectivity index (χ1n) is 9.99. The molecule has 1 aromatic carbocycles. The van der Waals surface area contributed by atoms with E-state index in [-0.39, 0.29) is 12.2 Å². The van der Waals surface area contributed by atoms with E-state index in [1.807, 2.05) is 0 Å². The first-order valence-corrected chi connectivity index (χ1v) is 11.6. The van der Waals surface area contributed by atoms with Crippen LogP contribution in [-0.4, -0.2) is 73.4 Å². The summed E-state index contributed by atoms with van der Waals surface area (Å²) >= 11 is -0.567. The van der Waals surface area contributed by atoms with Crippen molar-refractivity contribution < 1.29 is 42.9 Å². The van der Waals surface area contributed by atoms with E-state index in [2.05, 4.69) is 0 Å². The van der Waals surface area contributed by atoms with Crippen LogP contribution in [-0.2, 0) is 42.9 Å². The Labute approximate surface area is 194 Å². The molecule has 12 heteroatoms. The fraction of sp³-hybridized carbons (Fsp3) is 0.476. The third-order valence-corrected chi connectivity index (χ3v) is 7.17. The third-order valence-electron chi connectivity index (χ3n) is 4.74. The number of carbonyl (C=O) groups is 4. The Morgan fingerprint density at radius 1 is 0.909 bits per heavy atom. The maximum absolute atomic E-state index is 13.2. The summed E-state index contributed by atoms with van der Waals surface area (Å²) in [6.45, 7) is 4.29. The van der Waals surface area contributed by atoms with Gasteiger partial charge in [-0.25, -0.2) is 0 Å². The summed E-state index contributed by atoms with van der Waals surface area (Å²) in [7, 11) is 0. The van der Waals surface area contributed by atoms with Crippen molar-refractivity contribution in [1.29, 1.82) is 0 Å². The Bertz CT molecular complexity index is 1120. The Hall–Kier alpha value is -2.95. The van der Waals surface area contributed by atoms with Gasteiger partial charge in [-0.2, -0.15) is 0 Å². The Balaban J connectivity index is 2.16. The molecule has 3 rings (SSSR count). The fourth-order valence-corrected chi connectivity index (χ4v) is 5.94. The Morgan fingerprint density at radius 2 is 1.52 bits per heavy atom. The van der Waals surface area contributed by atoms with E-state index in [1.54, 1.807) is 24.3 Å². The van der Waals surface area contributed by atoms with E-state index >= 15 is 0 Å². The van der Waals surface area contributed by atoms with Gasteiger partial charge in [0.15, 0.2) is 0 Å². The van der Waals surface area contributed by atoms with Crippen LogP contribution in [0.4, 0.5) is 0 Å². The zero-order chi connectivity index (χ0) is 24.3. The second-order valence-corrected chi connectivity index (χ2v) is 9.44. The summed E-state index contributed by atoms with van der Waals surface area (Å²) in [6.07, 6.45) is -5.00. The summed E-state index contributed by atoms with van der Waals surface area (Å²) < 4.78 is 29.4. The molecular weight excluding hydrogens is 505 g/mol. The first kappa shape index (κ1) is 24.7. The van der Waals surface area contributed by atoms with Crippen molar-refractivity contribution >= 4 is 48.3 Å². The standard InChI is InChI=1S/C21H23NO10Se/c1-10(23)28-9-15-18(29-11(2)24)19(30-12(3)25)17(21(32-15)31-13(4)26)22-20(27)14-7-5-6-8-16(14)33-22/h5-8,15,17-19,21H,9H2,1-4H3/t15-,17-,18-,19-,21-/m1/s1. The summed E-state index contributed by atoms with van der Waals surface area (Å²) in [5, 5.41) is 0.465. The van der Waals surface area contributed by atoms with Crippen LogP contribution in [0.1, 0.15) is 33.7 Å². The van der Waals surface area contributed by atoms with Gasteiger partial charge in [-0.15, -0.1) is 0 Å². The van der Waals surface area contributed by atoms with Gasteiger partial charge in [-0.3, -0.25) is 0 Å². The zero-order valence-electron chi connectivity index (χ0n) is 18.3. The number of hydrogen-bond acceptors (Lipinski definition) is 10. The first-order chi connectivity index (χ1) is 15.6. The van der Waals surface area contributed by atoms with Gasteiger partial charge < -0.3 is 0 Å². The van der Waals surface area contributed by atoms with E-state index in [4.69, 9.17) is 23.7 Å². The summed E-state index contributed by atoms with van der Waals surface area (Å²) in [4.78, 5) is 60.3. The molecule has 1 aromatic heterocycles. The second kappa shape index (κ2) is 10.3. The molecule has 0 aliphatic carbocycles. The fourth-order valence-electron chi connectivity index (χ4n) is 3.58. The normalized spacial score (nSPS) is 24.7. The topological polar surface area (TPSA) is 136 Å². The predicted octanol–water partition coefficient (Wildman–Crippen LogP) is 0.314. The van der Waals surface area contributed by atoms with Crippen molar-refractivity contribution in [2.45, 2.75) is 58.3 Å². The number of aromatic nitrogens is 1. The number of esters is 4. The van der Waals surface area contributed by atoms with Gasteiger partial charge in [-0.1, -0.05) is 0 Å². The van der Waals surface area contributed by atoms with E-state index in [0.29, 0.717) is 5.39 Å². The molecule has 33 heavy (non-hydrogen) atoms. The predicted molar refractivity (Wildman–Crippen MR) is 112 cm³/mol. The molecule has 0 saturated carbocycles. The van der Waals surface area contributed by atoms with Crippen LogP contribution in [0.2, 0.25) is 0 Å². The SMILES string of the molecule is CC(=O)OC[C@H]1O[C@@H](OC(C)=O)[C@H](n2[se]c3ccccc3c2=O)[C@@H](OC(C)=O)[C@@H]1OC(C)=O. The molecule has 0 bridgehead atoms. The third kappa shape index (κ3) is 5.70. The monoisotopic (exact) mass is 529 g/mol. The Kier molecular flexibility index (Phi) is 7.72. The number of fused-ring (bicyclic) bond motifs is 1. The molecule has 0 N–H and O–H groups in total. The van der Waals surface area contributed by atoms with Gasteiger partial charge in [0, 0.05) is 0 Å². The average Bonchev–Trinajstić information content (AvgIpc) is 3.04. The van der Waals surface area contributed by atoms with E-state index in [9.17, 15) is 24.0 Å². The number of nitrogens with zero attached hydrogens (tertiary/aromatic N) is 1. The molecule has 178 valence electrons. The number of hydrogen-bond donors (Lipinski definition) is 0. The van der Waals surface area contributed by atoms with Crippen molar-refractivity contribution in [1.82, 2.24) is 3.56 Å². The molecule has 0 radical (unpaired) electrons. The van der Waals surface area contributed by atoms with E-state index in [1.165, 1.54) is 10.5 Å². The zero-order valence-corrected chi connectivity index (χ0v) is 20.1. The summed E-state index contributed by atoms with van der Waals surface area (Å²) in [5.74, 6) is -2.75. The molecule has 2 aromatic rings. The van der Waals surface area contributed by atoms with Crippen LogP contribution in [0.25, 0.3) is 9.65 Å². The number of ether oxygens (including phenoxy) is 5. The van der Waals surface area contributed by atoms with Crippen molar-refractivity contribution in [2.75, 3.05) is 6.61 Å². The van der Waals surface area contributed by atoms with E-state index in [0.717, 1.165) is 25.0 Å². The Morgan fingerprint density at radius 3 is 2.09 bits per heavy atom. The van der Waals surface area contributed by atoms with Crippen molar-refractivity contribution in [3.63, 3.8) is 0 Å². The minimum absolute atomic E-state index is 0.366. The summed E-state index contributed by atoms with van der Waals surface area (Å²) in [6, 6.07) is 5.86. The van der Waals surface area contributed by atoms with Gasteiger partial charge in [0.05, 0.1) is 0 Å². The van der Waals surface area contributed by atoms with Crippen LogP contribution in [0.5, 0.6) is 0 Å². The maximum atomic E-state index is 13.2. The van der Waals surface area contributed by atoms with Crippen molar-refractivity contribution in [3.05, 3.63) is 34.6 Å². The van der Waals surface area contributed by atoms with Crippen LogP contribution < -0.4 is 5.56 Å². The van der Waals surface area contributed by atoms with Gasteiger partial charge in [-0.05, 0) is 0 Å². The molecule has 11 nitrogen and oxygen atoms in total. The molecule has 1 saturated heterocycles. The molecule has 5 atom stereocenters. The van der Waals surface area contributed by atoms with Gasteiger partial charge in [0.1, 0.15) is 0 Å². The quantitative estimate of drug-likeness (QED) is 0.293. The van der Waals surface area contributed by atoms with Crippen LogP contribution in [0.3, 0.4) is 0 Å². The van der Waals surface area contributed by atoms with Gasteiger partial charge in [0.25, 0.3) is 0 Å². The minimum atomic E-state index is -1.38. The molecule has 0 unspecified atom stereocenters. The van der Waals surface area contributed by atoms with Gasteiger partial charge >= 0.3 is 194 Å². The number of benzene rings is 1. The van der Waals surface area contributed by atoms with Gasteiger partial charge in [0.2, 0.25) is 0 Å². The van der Waals surface area contributed by atoms with Crippen LogP contribution in [0, 0.1) is 0 Å². The van der Waals surface area contributed by atoms with Crippen LogP contribution in [0.15, 0.2) is 29.1 Å². The molecular formula is C21H23NO10Se. The molecule has 1 aliphatic heterocycles. The molecule has 0 amide bonds. The average molecular weight is 528 g/mol. The number of carbonyl (C=O) groups excluding carboxylic acids is 4. The molecule has 1 fully saturated rings. The molecule has 0 spiro atoms. The van der Waals surface area contributed by atoms with Crippen LogP contribution >= 0.6 is 0 Å². The molecule has 2 heterocycles. The van der Waals surface area contributed by atoms with Crippen molar-refractivity contribution in [2.24, 2.45) is 0 Å². The van der Waals surface area contributed by atoms with Crippen molar-refractivity contribution in [3.8, 4) is 0 Å².